The number of amides is 1. The Morgan fingerprint density at radius 3 is 2.38 bits per heavy atom. The number of rotatable bonds is 3. The Morgan fingerprint density at radius 1 is 1.00 bits per heavy atom. The molecule has 8 atom stereocenters. The summed E-state index contributed by atoms with van der Waals surface area (Å²) in [6.45, 7) is 18.3. The van der Waals surface area contributed by atoms with Crippen molar-refractivity contribution in [2.24, 2.45) is 45.3 Å². The van der Waals surface area contributed by atoms with Gasteiger partial charge in [0.2, 0.25) is 0 Å². The van der Waals surface area contributed by atoms with Crippen LogP contribution in [0.2, 0.25) is 0 Å². The minimum Gasteiger partial charge on any atom is -0.393 e. The lowest BCUT2D eigenvalue weighted by Gasteiger charge is -2.72. The predicted octanol–water partition coefficient (Wildman–Crippen LogP) is 6.81. The standard InChI is InChI=1S/C34H50N2O4/c1-19(2)27-23(37)18-34(35-29(39)22-17-20(3)40-36-22)16-15-32(7)21(28(27)34)9-10-25-31(6)13-12-26(38)30(4,5)24(31)11-14-33(25,32)8/h17,19,21,24-26,38H,9-16,18H2,1-8H3,(H,35,39)/t21?,24?,25?,26-,31-,32+,33+,34+/m0/s1. The van der Waals surface area contributed by atoms with E-state index in [0.717, 1.165) is 56.9 Å². The van der Waals surface area contributed by atoms with E-state index in [9.17, 15) is 14.7 Å². The molecule has 0 spiro atoms. The van der Waals surface area contributed by atoms with Crippen LogP contribution in [0.25, 0.3) is 0 Å². The van der Waals surface area contributed by atoms with Crippen molar-refractivity contribution < 1.29 is 19.2 Å². The fourth-order valence-electron chi connectivity index (χ4n) is 11.5. The number of carbonyl (C=O) groups is 2. The van der Waals surface area contributed by atoms with Gasteiger partial charge in [-0.1, -0.05) is 53.6 Å². The molecule has 220 valence electrons. The van der Waals surface area contributed by atoms with E-state index in [4.69, 9.17) is 4.52 Å². The van der Waals surface area contributed by atoms with Crippen LogP contribution >= 0.6 is 0 Å². The zero-order chi connectivity index (χ0) is 29.0. The van der Waals surface area contributed by atoms with Gasteiger partial charge in [0.05, 0.1) is 11.6 Å². The highest BCUT2D eigenvalue weighted by Crippen LogP contribution is 2.75. The number of ketones is 1. The number of aliphatic hydroxyl groups excluding tert-OH is 1. The van der Waals surface area contributed by atoms with Crippen molar-refractivity contribution in [2.75, 3.05) is 0 Å². The number of carbonyl (C=O) groups excluding carboxylic acids is 2. The first kappa shape index (κ1) is 28.2. The van der Waals surface area contributed by atoms with Crippen LogP contribution in [0.1, 0.15) is 123 Å². The van der Waals surface area contributed by atoms with Crippen LogP contribution in [0.3, 0.4) is 0 Å². The maximum Gasteiger partial charge on any atom is 0.274 e. The number of aromatic nitrogens is 1. The Bertz CT molecular complexity index is 1280. The Kier molecular flexibility index (Phi) is 6.19. The first-order chi connectivity index (χ1) is 18.6. The second kappa shape index (κ2) is 8.78. The number of hydrogen-bond donors (Lipinski definition) is 2. The number of Topliss-reactive ketones (excluding diaryl/α,β-unsaturated/α-hetero) is 1. The van der Waals surface area contributed by atoms with E-state index in [2.05, 4.69) is 58.9 Å². The summed E-state index contributed by atoms with van der Waals surface area (Å²) in [4.78, 5) is 27.2. The van der Waals surface area contributed by atoms with Crippen molar-refractivity contribution in [3.05, 3.63) is 28.7 Å². The Hall–Kier alpha value is -1.95. The molecule has 0 aromatic carbocycles. The summed E-state index contributed by atoms with van der Waals surface area (Å²) >= 11 is 0. The zero-order valence-corrected chi connectivity index (χ0v) is 25.9. The molecule has 3 unspecified atom stereocenters. The number of nitrogens with one attached hydrogen (secondary N) is 1. The molecule has 1 aromatic rings. The first-order valence-electron chi connectivity index (χ1n) is 15.8. The molecule has 6 heteroatoms. The van der Waals surface area contributed by atoms with Gasteiger partial charge >= 0.3 is 0 Å². The second-order valence-corrected chi connectivity index (χ2v) is 15.9. The Balaban J connectivity index is 1.41. The first-order valence-corrected chi connectivity index (χ1v) is 15.8. The smallest absolute Gasteiger partial charge is 0.274 e. The van der Waals surface area contributed by atoms with E-state index >= 15 is 0 Å². The lowest BCUT2D eigenvalue weighted by atomic mass is 9.33. The van der Waals surface area contributed by atoms with Crippen molar-refractivity contribution in [1.82, 2.24) is 10.5 Å². The largest absolute Gasteiger partial charge is 0.393 e. The second-order valence-electron chi connectivity index (χ2n) is 15.9. The Labute approximate surface area is 240 Å². The molecule has 5 aliphatic carbocycles. The maximum atomic E-state index is 13.7. The van der Waals surface area contributed by atoms with Crippen LogP contribution in [0.5, 0.6) is 0 Å². The number of aryl methyl sites for hydroxylation is 1. The van der Waals surface area contributed by atoms with Crippen molar-refractivity contribution in [3.8, 4) is 0 Å². The summed E-state index contributed by atoms with van der Waals surface area (Å²) in [5, 5.41) is 18.4. The fourth-order valence-corrected chi connectivity index (χ4v) is 11.5. The molecule has 0 saturated heterocycles. The quantitative estimate of drug-likeness (QED) is 0.431. The number of fused-ring (bicyclic) bond motifs is 7. The van der Waals surface area contributed by atoms with Gasteiger partial charge in [-0.15, -0.1) is 0 Å². The predicted molar refractivity (Wildman–Crippen MR) is 154 cm³/mol. The minimum atomic E-state index is -0.633. The molecule has 0 bridgehead atoms. The van der Waals surface area contributed by atoms with E-state index in [1.165, 1.54) is 5.57 Å². The van der Waals surface area contributed by atoms with Crippen LogP contribution in [-0.2, 0) is 4.79 Å². The number of hydrogen-bond acceptors (Lipinski definition) is 5. The van der Waals surface area contributed by atoms with Gasteiger partial charge in [0, 0.05) is 12.5 Å². The third kappa shape index (κ3) is 3.53. The maximum absolute atomic E-state index is 13.7. The molecule has 40 heavy (non-hydrogen) atoms. The van der Waals surface area contributed by atoms with E-state index < -0.39 is 5.54 Å². The molecule has 2 N–H and O–H groups in total. The third-order valence-corrected chi connectivity index (χ3v) is 13.6. The molecule has 6 nitrogen and oxygen atoms in total. The summed E-state index contributed by atoms with van der Waals surface area (Å²) in [5.41, 5.74) is 2.18. The normalized spacial score (nSPS) is 44.1. The summed E-state index contributed by atoms with van der Waals surface area (Å²) < 4.78 is 5.21. The van der Waals surface area contributed by atoms with Gasteiger partial charge in [0.15, 0.2) is 11.5 Å². The molecule has 6 rings (SSSR count). The molecule has 5 aliphatic rings. The van der Waals surface area contributed by atoms with Gasteiger partial charge in [-0.05, 0) is 115 Å². The highest BCUT2D eigenvalue weighted by Gasteiger charge is 2.70. The topological polar surface area (TPSA) is 92.4 Å². The van der Waals surface area contributed by atoms with E-state index in [-0.39, 0.29) is 57.0 Å². The summed E-state index contributed by atoms with van der Waals surface area (Å²) in [5.74, 6) is 2.07. The van der Waals surface area contributed by atoms with Crippen LogP contribution in [0, 0.1) is 52.3 Å². The van der Waals surface area contributed by atoms with Crippen molar-refractivity contribution >= 4 is 11.7 Å². The van der Waals surface area contributed by atoms with Gasteiger partial charge in [-0.2, -0.15) is 0 Å². The highest BCUT2D eigenvalue weighted by molar-refractivity contribution is 6.03. The lowest BCUT2D eigenvalue weighted by molar-refractivity contribution is -0.226. The SMILES string of the molecule is Cc1cc(C(=O)N[C@@]23CC[C@]4(C)C(CCC5[C@@]6(C)CC[C@H](O)C(C)(C)C6CC[C@]54C)C2=C(C(C)C)C(=O)C3)no1. The lowest BCUT2D eigenvalue weighted by Crippen LogP contribution is -2.67. The van der Waals surface area contributed by atoms with Crippen LogP contribution < -0.4 is 5.32 Å². The van der Waals surface area contributed by atoms with Crippen LogP contribution in [0.4, 0.5) is 0 Å². The van der Waals surface area contributed by atoms with Gasteiger partial charge in [0.1, 0.15) is 5.76 Å². The monoisotopic (exact) mass is 550 g/mol. The number of aliphatic hydroxyl groups is 1. The van der Waals surface area contributed by atoms with Gasteiger partial charge in [-0.3, -0.25) is 9.59 Å². The van der Waals surface area contributed by atoms with Gasteiger partial charge < -0.3 is 14.9 Å². The number of allylic oxidation sites excluding steroid dienone is 1. The van der Waals surface area contributed by atoms with E-state index in [0.29, 0.717) is 24.0 Å². The molecule has 0 radical (unpaired) electrons. The molecule has 1 heterocycles. The average Bonchev–Trinajstić information content (AvgIpc) is 3.43. The fraction of sp³-hybridized carbons (Fsp3) is 0.794. The van der Waals surface area contributed by atoms with Gasteiger partial charge in [0.25, 0.3) is 5.91 Å². The molecular weight excluding hydrogens is 500 g/mol. The van der Waals surface area contributed by atoms with Crippen molar-refractivity contribution in [1.29, 1.82) is 0 Å². The molecular formula is C34H50N2O4. The summed E-state index contributed by atoms with van der Waals surface area (Å²) in [7, 11) is 0. The molecule has 4 fully saturated rings. The molecule has 1 aromatic heterocycles. The van der Waals surface area contributed by atoms with Gasteiger partial charge in [-0.25, -0.2) is 0 Å². The average molecular weight is 551 g/mol. The number of nitrogens with zero attached hydrogens (tertiary/aromatic N) is 1. The van der Waals surface area contributed by atoms with Crippen molar-refractivity contribution in [3.63, 3.8) is 0 Å². The Morgan fingerprint density at radius 2 is 1.73 bits per heavy atom. The third-order valence-electron chi connectivity index (χ3n) is 13.6. The molecule has 0 aliphatic heterocycles. The summed E-state index contributed by atoms with van der Waals surface area (Å²) in [6.07, 6.45) is 8.42. The molecule has 1 amide bonds. The highest BCUT2D eigenvalue weighted by atomic mass is 16.5. The molecule has 4 saturated carbocycles. The zero-order valence-electron chi connectivity index (χ0n) is 25.9. The minimum absolute atomic E-state index is 0.0445. The van der Waals surface area contributed by atoms with Crippen LogP contribution in [-0.4, -0.2) is 33.6 Å². The van der Waals surface area contributed by atoms with Crippen molar-refractivity contribution in [2.45, 2.75) is 125 Å². The van der Waals surface area contributed by atoms with Crippen LogP contribution in [0.15, 0.2) is 21.7 Å². The van der Waals surface area contributed by atoms with E-state index in [1.54, 1.807) is 13.0 Å². The van der Waals surface area contributed by atoms with E-state index in [1.807, 2.05) is 0 Å². The summed E-state index contributed by atoms with van der Waals surface area (Å²) in [6, 6.07) is 1.68.